The number of aliphatic hydroxyl groups is 1. The molecule has 0 aromatic carbocycles. The molecular formula is C14H21N3O3. The Morgan fingerprint density at radius 2 is 2.35 bits per heavy atom. The van der Waals surface area contributed by atoms with Crippen LogP contribution in [-0.2, 0) is 4.74 Å². The number of carbonyl (C=O) groups excluding carboxylic acids is 1. The van der Waals surface area contributed by atoms with Crippen molar-refractivity contribution in [3.8, 4) is 0 Å². The molecule has 1 heterocycles. The van der Waals surface area contributed by atoms with Crippen LogP contribution in [0.2, 0.25) is 0 Å². The van der Waals surface area contributed by atoms with Gasteiger partial charge in [-0.3, -0.25) is 0 Å². The summed E-state index contributed by atoms with van der Waals surface area (Å²) in [5.74, 6) is 0.638. The highest BCUT2D eigenvalue weighted by Crippen LogP contribution is 2.34. The lowest BCUT2D eigenvalue weighted by atomic mass is 9.77. The van der Waals surface area contributed by atoms with Crippen molar-refractivity contribution in [1.29, 1.82) is 0 Å². The van der Waals surface area contributed by atoms with Gasteiger partial charge in [-0.1, -0.05) is 19.8 Å². The average Bonchev–Trinajstić information content (AvgIpc) is 2.47. The molecule has 110 valence electrons. The number of nitrogens with one attached hydrogen (secondary N) is 1. The van der Waals surface area contributed by atoms with E-state index in [0.717, 1.165) is 19.3 Å². The van der Waals surface area contributed by atoms with Gasteiger partial charge in [0.15, 0.2) is 5.69 Å². The Morgan fingerprint density at radius 1 is 1.55 bits per heavy atom. The predicted octanol–water partition coefficient (Wildman–Crippen LogP) is 1.62. The van der Waals surface area contributed by atoms with E-state index in [0.29, 0.717) is 11.7 Å². The molecule has 1 saturated carbocycles. The van der Waals surface area contributed by atoms with Crippen molar-refractivity contribution in [3.05, 3.63) is 18.1 Å². The smallest absolute Gasteiger partial charge is 0.358 e. The fourth-order valence-corrected chi connectivity index (χ4v) is 2.83. The van der Waals surface area contributed by atoms with Crippen LogP contribution in [0.3, 0.4) is 0 Å². The number of aliphatic hydroxyl groups excluding tert-OH is 1. The molecule has 0 aliphatic heterocycles. The molecule has 6 heteroatoms. The third kappa shape index (κ3) is 3.25. The first kappa shape index (κ1) is 14.7. The highest BCUT2D eigenvalue weighted by atomic mass is 16.5. The van der Waals surface area contributed by atoms with Gasteiger partial charge >= 0.3 is 5.97 Å². The van der Waals surface area contributed by atoms with Crippen molar-refractivity contribution in [2.45, 2.75) is 38.1 Å². The molecular weight excluding hydrogens is 258 g/mol. The van der Waals surface area contributed by atoms with Gasteiger partial charge in [0.2, 0.25) is 0 Å². The van der Waals surface area contributed by atoms with E-state index in [4.69, 9.17) is 0 Å². The standard InChI is InChI=1S/C14H21N3O3/c1-10-4-3-5-14(6-10,9-18)17-12-8-15-11(7-16-12)13(19)20-2/h7-8,10,18H,3-6,9H2,1-2H3,(H,16,17). The van der Waals surface area contributed by atoms with Crippen molar-refractivity contribution < 1.29 is 14.6 Å². The second-order valence-electron chi connectivity index (χ2n) is 5.54. The Labute approximate surface area is 118 Å². The first-order chi connectivity index (χ1) is 9.58. The highest BCUT2D eigenvalue weighted by molar-refractivity contribution is 5.86. The second kappa shape index (κ2) is 6.17. The lowest BCUT2D eigenvalue weighted by Crippen LogP contribution is -2.46. The highest BCUT2D eigenvalue weighted by Gasteiger charge is 2.34. The number of methoxy groups -OCH3 is 1. The van der Waals surface area contributed by atoms with E-state index in [1.807, 2.05) is 0 Å². The molecule has 6 nitrogen and oxygen atoms in total. The molecule has 2 unspecified atom stereocenters. The predicted molar refractivity (Wildman–Crippen MR) is 74.4 cm³/mol. The van der Waals surface area contributed by atoms with Gasteiger partial charge in [0, 0.05) is 0 Å². The summed E-state index contributed by atoms with van der Waals surface area (Å²) in [6.45, 7) is 2.26. The Kier molecular flexibility index (Phi) is 4.54. The molecule has 0 spiro atoms. The summed E-state index contributed by atoms with van der Waals surface area (Å²) < 4.78 is 4.58. The van der Waals surface area contributed by atoms with E-state index in [2.05, 4.69) is 26.9 Å². The van der Waals surface area contributed by atoms with Gasteiger partial charge in [0.25, 0.3) is 0 Å². The van der Waals surface area contributed by atoms with Crippen molar-refractivity contribution >= 4 is 11.8 Å². The van der Waals surface area contributed by atoms with E-state index in [9.17, 15) is 9.90 Å². The maximum atomic E-state index is 11.3. The molecule has 0 radical (unpaired) electrons. The van der Waals surface area contributed by atoms with Crippen molar-refractivity contribution in [3.63, 3.8) is 0 Å². The molecule has 1 aliphatic carbocycles. The summed E-state index contributed by atoms with van der Waals surface area (Å²) >= 11 is 0. The van der Waals surface area contributed by atoms with Crippen LogP contribution in [0.4, 0.5) is 5.82 Å². The molecule has 1 aliphatic rings. The molecule has 2 rings (SSSR count). The van der Waals surface area contributed by atoms with Gasteiger partial charge in [-0.25, -0.2) is 14.8 Å². The van der Waals surface area contributed by atoms with Gasteiger partial charge < -0.3 is 15.2 Å². The lowest BCUT2D eigenvalue weighted by molar-refractivity contribution is 0.0593. The topological polar surface area (TPSA) is 84.3 Å². The van der Waals surface area contributed by atoms with Gasteiger partial charge in [0.1, 0.15) is 5.82 Å². The molecule has 0 bridgehead atoms. The Bertz CT molecular complexity index is 463. The molecule has 0 saturated heterocycles. The van der Waals surface area contributed by atoms with Crippen LogP contribution < -0.4 is 5.32 Å². The van der Waals surface area contributed by atoms with Crippen molar-refractivity contribution in [2.75, 3.05) is 19.0 Å². The molecule has 0 amide bonds. The fraction of sp³-hybridized carbons (Fsp3) is 0.643. The number of esters is 1. The maximum absolute atomic E-state index is 11.3. The van der Waals surface area contributed by atoms with E-state index in [1.165, 1.54) is 25.9 Å². The minimum atomic E-state index is -0.507. The van der Waals surface area contributed by atoms with E-state index in [-0.39, 0.29) is 17.8 Å². The van der Waals surface area contributed by atoms with Crippen molar-refractivity contribution in [1.82, 2.24) is 9.97 Å². The Morgan fingerprint density at radius 3 is 2.90 bits per heavy atom. The number of anilines is 1. The van der Waals surface area contributed by atoms with E-state index < -0.39 is 5.97 Å². The molecule has 1 aromatic heterocycles. The van der Waals surface area contributed by atoms with Crippen LogP contribution in [0.1, 0.15) is 43.1 Å². The van der Waals surface area contributed by atoms with Gasteiger partial charge in [-0.05, 0) is 18.8 Å². The van der Waals surface area contributed by atoms with Crippen LogP contribution in [0.15, 0.2) is 12.4 Å². The quantitative estimate of drug-likeness (QED) is 0.815. The number of ether oxygens (including phenoxy) is 1. The fourth-order valence-electron chi connectivity index (χ4n) is 2.83. The van der Waals surface area contributed by atoms with Crippen LogP contribution in [0, 0.1) is 5.92 Å². The SMILES string of the molecule is COC(=O)c1cnc(NC2(CO)CCCC(C)C2)cn1. The summed E-state index contributed by atoms with van der Waals surface area (Å²) in [6, 6.07) is 0. The zero-order valence-electron chi connectivity index (χ0n) is 11.9. The van der Waals surface area contributed by atoms with Crippen LogP contribution in [0.5, 0.6) is 0 Å². The van der Waals surface area contributed by atoms with Crippen molar-refractivity contribution in [2.24, 2.45) is 5.92 Å². The minimum absolute atomic E-state index is 0.0672. The monoisotopic (exact) mass is 279 g/mol. The number of rotatable bonds is 4. The Balaban J connectivity index is 2.09. The molecule has 1 fully saturated rings. The zero-order valence-corrected chi connectivity index (χ0v) is 11.9. The summed E-state index contributed by atoms with van der Waals surface area (Å²) in [6.07, 6.45) is 6.98. The van der Waals surface area contributed by atoms with Crippen LogP contribution in [0.25, 0.3) is 0 Å². The second-order valence-corrected chi connectivity index (χ2v) is 5.54. The van der Waals surface area contributed by atoms with Crippen LogP contribution >= 0.6 is 0 Å². The number of hydrogen-bond donors (Lipinski definition) is 2. The molecule has 2 atom stereocenters. The maximum Gasteiger partial charge on any atom is 0.358 e. The third-order valence-electron chi connectivity index (χ3n) is 3.83. The van der Waals surface area contributed by atoms with Gasteiger partial charge in [-0.15, -0.1) is 0 Å². The number of hydrogen-bond acceptors (Lipinski definition) is 6. The average molecular weight is 279 g/mol. The Hall–Kier alpha value is -1.69. The lowest BCUT2D eigenvalue weighted by Gasteiger charge is -2.39. The summed E-state index contributed by atoms with van der Waals surface area (Å²) in [5.41, 5.74) is -0.160. The largest absolute Gasteiger partial charge is 0.464 e. The number of aromatic nitrogens is 2. The van der Waals surface area contributed by atoms with E-state index >= 15 is 0 Å². The number of nitrogens with zero attached hydrogens (tertiary/aromatic N) is 2. The number of carbonyl (C=O) groups is 1. The summed E-state index contributed by atoms with van der Waals surface area (Å²) in [4.78, 5) is 19.5. The zero-order chi connectivity index (χ0) is 14.6. The van der Waals surface area contributed by atoms with E-state index in [1.54, 1.807) is 0 Å². The molecule has 1 aromatic rings. The third-order valence-corrected chi connectivity index (χ3v) is 3.83. The first-order valence-electron chi connectivity index (χ1n) is 6.88. The normalized spacial score (nSPS) is 26.1. The molecule has 2 N–H and O–H groups in total. The minimum Gasteiger partial charge on any atom is -0.464 e. The van der Waals surface area contributed by atoms with Crippen LogP contribution in [-0.4, -0.2) is 40.3 Å². The summed E-state index contributed by atoms with van der Waals surface area (Å²) in [7, 11) is 1.31. The first-order valence-corrected chi connectivity index (χ1v) is 6.88. The molecule has 20 heavy (non-hydrogen) atoms. The summed E-state index contributed by atoms with van der Waals surface area (Å²) in [5, 5.41) is 13.0. The van der Waals surface area contributed by atoms with Gasteiger partial charge in [0.05, 0.1) is 31.6 Å². The van der Waals surface area contributed by atoms with Gasteiger partial charge in [-0.2, -0.15) is 0 Å².